The summed E-state index contributed by atoms with van der Waals surface area (Å²) in [4.78, 5) is 29.4. The van der Waals surface area contributed by atoms with Crippen LogP contribution in [0.15, 0.2) is 79.1 Å². The minimum Gasteiger partial charge on any atom is -0.457 e. The van der Waals surface area contributed by atoms with Gasteiger partial charge in [-0.3, -0.25) is 18.9 Å². The highest BCUT2D eigenvalue weighted by atomic mass is 32.2. The molecule has 0 bridgehead atoms. The highest BCUT2D eigenvalue weighted by Crippen LogP contribution is 2.22. The summed E-state index contributed by atoms with van der Waals surface area (Å²) in [6.07, 6.45) is 4.93. The number of rotatable bonds is 7. The summed E-state index contributed by atoms with van der Waals surface area (Å²) in [6.45, 7) is 4.20. The van der Waals surface area contributed by atoms with Crippen LogP contribution in [0.3, 0.4) is 0 Å². The largest absolute Gasteiger partial charge is 0.457 e. The van der Waals surface area contributed by atoms with E-state index in [4.69, 9.17) is 19.6 Å². The van der Waals surface area contributed by atoms with E-state index in [1.54, 1.807) is 18.5 Å². The van der Waals surface area contributed by atoms with Crippen LogP contribution in [0.1, 0.15) is 38.5 Å². The lowest BCUT2D eigenvalue weighted by molar-refractivity contribution is -0.117. The molecule has 0 unspecified atom stereocenters. The van der Waals surface area contributed by atoms with Crippen LogP contribution in [-0.4, -0.2) is 61.9 Å². The summed E-state index contributed by atoms with van der Waals surface area (Å²) in [7, 11) is -7.33. The molecule has 0 aliphatic heterocycles. The van der Waals surface area contributed by atoms with E-state index in [0.29, 0.717) is 23.8 Å². The first-order valence-electron chi connectivity index (χ1n) is 13.0. The van der Waals surface area contributed by atoms with Gasteiger partial charge < -0.3 is 15.8 Å². The molecule has 3 aromatic carbocycles. The van der Waals surface area contributed by atoms with Gasteiger partial charge in [-0.15, -0.1) is 0 Å². The van der Waals surface area contributed by atoms with Crippen LogP contribution in [0.2, 0.25) is 0 Å². The van der Waals surface area contributed by atoms with Crippen LogP contribution in [0.25, 0.3) is 10.8 Å². The summed E-state index contributed by atoms with van der Waals surface area (Å²) in [5.41, 5.74) is 10.8. The predicted octanol–water partition coefficient (Wildman–Crippen LogP) is 3.90. The van der Waals surface area contributed by atoms with Crippen LogP contribution in [0.5, 0.6) is 0 Å². The minimum absolute atomic E-state index is 0.151. The number of nitrogens with two attached hydrogens (primary N) is 1. The molecule has 44 heavy (non-hydrogen) atoms. The molecule has 4 aromatic rings. The molecular weight excluding hydrogens is 610 g/mol. The molecule has 236 valence electrons. The van der Waals surface area contributed by atoms with Crippen LogP contribution in [-0.2, 0) is 36.4 Å². The van der Waals surface area contributed by atoms with Crippen LogP contribution in [0.4, 0.5) is 5.69 Å². The summed E-state index contributed by atoms with van der Waals surface area (Å²) >= 11 is 0. The quantitative estimate of drug-likeness (QED) is 0.168. The van der Waals surface area contributed by atoms with Crippen molar-refractivity contribution in [1.82, 2.24) is 4.98 Å². The monoisotopic (exact) mass is 645 g/mol. The van der Waals surface area contributed by atoms with Gasteiger partial charge in [0.25, 0.3) is 20.2 Å². The third-order valence-corrected chi connectivity index (χ3v) is 5.81. The van der Waals surface area contributed by atoms with Gasteiger partial charge in [0.15, 0.2) is 0 Å². The number of aryl methyl sites for hydroxylation is 2. The number of ether oxygens (including phenoxy) is 1. The Kier molecular flexibility index (Phi) is 13.1. The lowest BCUT2D eigenvalue weighted by Crippen LogP contribution is -2.27. The highest BCUT2D eigenvalue weighted by molar-refractivity contribution is 7.85. The Balaban J connectivity index is 0.000000586. The molecule has 5 N–H and O–H groups in total. The number of carbonyl (C=O) groups is 2. The van der Waals surface area contributed by atoms with Crippen LogP contribution < -0.4 is 11.1 Å². The number of hydrogen-bond acceptors (Lipinski definition) is 9. The molecule has 4 rings (SSSR count). The molecule has 1 amide bonds. The number of amides is 1. The lowest BCUT2D eigenvalue weighted by Gasteiger charge is -2.16. The Morgan fingerprint density at radius 1 is 0.886 bits per heavy atom. The molecule has 0 spiro atoms. The Hall–Kier alpha value is -4.21. The molecule has 1 heterocycles. The van der Waals surface area contributed by atoms with Crippen LogP contribution >= 0.6 is 0 Å². The fourth-order valence-corrected chi connectivity index (χ4v) is 3.90. The van der Waals surface area contributed by atoms with Gasteiger partial charge in [0.2, 0.25) is 5.91 Å². The fraction of sp³-hybridized carbons (Fsp3) is 0.233. The van der Waals surface area contributed by atoms with Gasteiger partial charge in [0.05, 0.1) is 24.0 Å². The van der Waals surface area contributed by atoms with Crippen molar-refractivity contribution in [1.29, 1.82) is 0 Å². The van der Waals surface area contributed by atoms with Crippen molar-refractivity contribution in [2.24, 2.45) is 5.73 Å². The molecule has 12 nitrogen and oxygen atoms in total. The Labute approximate surface area is 256 Å². The molecule has 0 radical (unpaired) electrons. The zero-order valence-corrected chi connectivity index (χ0v) is 26.2. The number of benzene rings is 3. The average Bonchev–Trinajstić information content (AvgIpc) is 2.91. The summed E-state index contributed by atoms with van der Waals surface area (Å²) in [5, 5.41) is 4.96. The second kappa shape index (κ2) is 16.0. The molecule has 0 saturated heterocycles. The predicted molar refractivity (Wildman–Crippen MR) is 169 cm³/mol. The first-order valence-corrected chi connectivity index (χ1v) is 16.7. The van der Waals surface area contributed by atoms with Crippen molar-refractivity contribution in [2.45, 2.75) is 26.4 Å². The van der Waals surface area contributed by atoms with Crippen molar-refractivity contribution in [3.05, 3.63) is 107 Å². The molecule has 1 atom stereocenters. The third-order valence-electron chi connectivity index (χ3n) is 5.81. The smallest absolute Gasteiger partial charge is 0.338 e. The first-order chi connectivity index (χ1) is 20.4. The Morgan fingerprint density at radius 2 is 1.50 bits per heavy atom. The average molecular weight is 646 g/mol. The van der Waals surface area contributed by atoms with E-state index in [0.717, 1.165) is 33.0 Å². The molecule has 0 fully saturated rings. The van der Waals surface area contributed by atoms with Gasteiger partial charge in [-0.1, -0.05) is 48.0 Å². The zero-order chi connectivity index (χ0) is 33.1. The number of aromatic nitrogens is 1. The topological polar surface area (TPSA) is 203 Å². The Bertz CT molecular complexity index is 1760. The van der Waals surface area contributed by atoms with Crippen molar-refractivity contribution in [2.75, 3.05) is 24.4 Å². The van der Waals surface area contributed by atoms with Gasteiger partial charge in [-0.25, -0.2) is 4.79 Å². The molecule has 1 aromatic heterocycles. The second-order valence-electron chi connectivity index (χ2n) is 9.82. The number of hydrogen-bond donors (Lipinski definition) is 4. The second-order valence-corrected chi connectivity index (χ2v) is 12.7. The molecule has 0 aliphatic rings. The number of carbonyl (C=O) groups excluding carboxylic acids is 2. The summed E-state index contributed by atoms with van der Waals surface area (Å²) in [5.74, 6) is -1.03. The first kappa shape index (κ1) is 36.0. The standard InChI is InChI=1S/C28H27N3O3.2CH4O3S/c1-18-3-10-25(19(2)13-18)28(33)34-17-20-4-6-21(7-5-20)26(15-29)27(32)31-24-9-8-23-16-30-12-11-22(23)14-24;2*1-5(2,3)4/h3-14,16,26H,15,17,29H2,1-2H3,(H,31,32);2*1H3,(H,2,3,4)/t26-;;/m1../s1. The van der Waals surface area contributed by atoms with Crippen LogP contribution in [0, 0.1) is 13.8 Å². The number of esters is 1. The van der Waals surface area contributed by atoms with E-state index < -0.39 is 26.2 Å². The number of anilines is 1. The van der Waals surface area contributed by atoms with Crippen molar-refractivity contribution in [3.8, 4) is 0 Å². The zero-order valence-electron chi connectivity index (χ0n) is 24.6. The van der Waals surface area contributed by atoms with E-state index >= 15 is 0 Å². The van der Waals surface area contributed by atoms with Crippen molar-refractivity contribution in [3.63, 3.8) is 0 Å². The van der Waals surface area contributed by atoms with E-state index in [9.17, 15) is 26.4 Å². The summed E-state index contributed by atoms with van der Waals surface area (Å²) < 4.78 is 57.2. The number of fused-ring (bicyclic) bond motifs is 1. The lowest BCUT2D eigenvalue weighted by atomic mass is 9.97. The number of nitrogens with zero attached hydrogens (tertiary/aromatic N) is 1. The molecule has 0 saturated carbocycles. The maximum atomic E-state index is 12.9. The maximum absolute atomic E-state index is 12.9. The van der Waals surface area contributed by atoms with Gasteiger partial charge in [-0.05, 0) is 60.2 Å². The van der Waals surface area contributed by atoms with Gasteiger partial charge >= 0.3 is 5.97 Å². The van der Waals surface area contributed by atoms with E-state index in [-0.39, 0.29) is 25.0 Å². The van der Waals surface area contributed by atoms with Gasteiger partial charge in [0, 0.05) is 30.0 Å². The fourth-order valence-electron chi connectivity index (χ4n) is 3.90. The number of nitrogens with one attached hydrogen (secondary N) is 1. The normalized spacial score (nSPS) is 11.7. The van der Waals surface area contributed by atoms with Crippen molar-refractivity contribution < 1.29 is 40.3 Å². The highest BCUT2D eigenvalue weighted by Gasteiger charge is 2.19. The van der Waals surface area contributed by atoms with E-state index in [2.05, 4.69) is 10.3 Å². The van der Waals surface area contributed by atoms with Gasteiger partial charge in [0.1, 0.15) is 6.61 Å². The van der Waals surface area contributed by atoms with E-state index in [1.807, 2.05) is 74.5 Å². The third kappa shape index (κ3) is 13.4. The Morgan fingerprint density at radius 3 is 2.07 bits per heavy atom. The number of pyridine rings is 1. The molecule has 0 aliphatic carbocycles. The molecular formula is C30H35N3O9S2. The van der Waals surface area contributed by atoms with Gasteiger partial charge in [-0.2, -0.15) is 16.8 Å². The maximum Gasteiger partial charge on any atom is 0.338 e. The summed E-state index contributed by atoms with van der Waals surface area (Å²) in [6, 6.07) is 20.6. The van der Waals surface area contributed by atoms with E-state index in [1.165, 1.54) is 0 Å². The SMILES string of the molecule is CS(=O)(=O)O.CS(=O)(=O)O.Cc1ccc(C(=O)OCc2ccc([C@@H](CN)C(=O)Nc3ccc4cnccc4c3)cc2)c(C)c1. The minimum atomic E-state index is -3.67. The molecule has 14 heteroatoms. The van der Waals surface area contributed by atoms with Crippen molar-refractivity contribution >= 4 is 48.6 Å².